The van der Waals surface area contributed by atoms with E-state index in [4.69, 9.17) is 0 Å². The van der Waals surface area contributed by atoms with Gasteiger partial charge < -0.3 is 10.6 Å². The molecule has 34 heavy (non-hydrogen) atoms. The molecule has 0 aliphatic heterocycles. The molecule has 0 spiro atoms. The van der Waals surface area contributed by atoms with Crippen molar-refractivity contribution in [2.24, 2.45) is 0 Å². The molecule has 6 nitrogen and oxygen atoms in total. The quantitative estimate of drug-likeness (QED) is 0.412. The van der Waals surface area contributed by atoms with Crippen LogP contribution in [0, 0.1) is 12.7 Å². The Hall–Kier alpha value is -4.26. The van der Waals surface area contributed by atoms with Crippen molar-refractivity contribution in [2.45, 2.75) is 19.9 Å². The molecule has 0 saturated heterocycles. The van der Waals surface area contributed by atoms with Crippen molar-refractivity contribution in [3.05, 3.63) is 108 Å². The first kappa shape index (κ1) is 22.9. The number of nitrogens with zero attached hydrogens (tertiary/aromatic N) is 2. The highest BCUT2D eigenvalue weighted by atomic mass is 19.1. The molecule has 7 heteroatoms. The van der Waals surface area contributed by atoms with Gasteiger partial charge in [-0.2, -0.15) is 5.10 Å². The van der Waals surface area contributed by atoms with E-state index in [1.807, 2.05) is 55.6 Å². The lowest BCUT2D eigenvalue weighted by Gasteiger charge is -2.08. The number of aromatic nitrogens is 2. The molecule has 3 aromatic carbocycles. The summed E-state index contributed by atoms with van der Waals surface area (Å²) in [5.41, 5.74) is 4.66. The molecular weight excluding hydrogens is 431 g/mol. The van der Waals surface area contributed by atoms with E-state index in [0.29, 0.717) is 11.3 Å². The number of amides is 2. The third kappa shape index (κ3) is 5.75. The summed E-state index contributed by atoms with van der Waals surface area (Å²) < 4.78 is 15.2. The molecule has 0 unspecified atom stereocenters. The molecule has 1 aromatic heterocycles. The molecule has 2 N–H and O–H groups in total. The lowest BCUT2D eigenvalue weighted by molar-refractivity contribution is -0.121. The average molecular weight is 457 g/mol. The van der Waals surface area contributed by atoms with E-state index in [-0.39, 0.29) is 37.1 Å². The average Bonchev–Trinajstić information content (AvgIpc) is 3.28. The van der Waals surface area contributed by atoms with Crippen LogP contribution in [0.5, 0.6) is 0 Å². The van der Waals surface area contributed by atoms with Crippen LogP contribution in [0.1, 0.15) is 27.9 Å². The van der Waals surface area contributed by atoms with Gasteiger partial charge in [-0.3, -0.25) is 9.59 Å². The molecule has 1 heterocycles. The molecule has 4 rings (SSSR count). The topological polar surface area (TPSA) is 76.0 Å². The predicted octanol–water partition coefficient (Wildman–Crippen LogP) is 4.42. The molecule has 0 atom stereocenters. The minimum atomic E-state index is -0.325. The largest absolute Gasteiger partial charge is 0.352 e. The Morgan fingerprint density at radius 3 is 2.44 bits per heavy atom. The van der Waals surface area contributed by atoms with Crippen LogP contribution in [0.25, 0.3) is 16.9 Å². The molecule has 172 valence electrons. The van der Waals surface area contributed by atoms with Crippen LogP contribution in [0.15, 0.2) is 85.1 Å². The van der Waals surface area contributed by atoms with Gasteiger partial charge in [-0.1, -0.05) is 35.9 Å². The highest BCUT2D eigenvalue weighted by molar-refractivity contribution is 5.94. The zero-order valence-corrected chi connectivity index (χ0v) is 18.8. The minimum Gasteiger partial charge on any atom is -0.352 e. The van der Waals surface area contributed by atoms with E-state index in [1.54, 1.807) is 28.9 Å². The fourth-order valence-electron chi connectivity index (χ4n) is 3.56. The van der Waals surface area contributed by atoms with Crippen LogP contribution in [-0.2, 0) is 11.3 Å². The molecule has 0 aliphatic rings. The van der Waals surface area contributed by atoms with Gasteiger partial charge in [-0.05, 0) is 55.5 Å². The molecule has 0 fully saturated rings. The molecule has 2 amide bonds. The van der Waals surface area contributed by atoms with Gasteiger partial charge in [0, 0.05) is 42.4 Å². The molecular formula is C27H25FN4O2. The number of rotatable bonds is 8. The van der Waals surface area contributed by atoms with Crippen LogP contribution in [0.4, 0.5) is 4.39 Å². The molecule has 0 bridgehead atoms. The van der Waals surface area contributed by atoms with E-state index in [2.05, 4.69) is 15.7 Å². The summed E-state index contributed by atoms with van der Waals surface area (Å²) in [5, 5.41) is 10.3. The number of carbonyl (C=O) groups is 2. The van der Waals surface area contributed by atoms with Gasteiger partial charge in [0.1, 0.15) is 5.82 Å². The number of benzene rings is 3. The first-order valence-electron chi connectivity index (χ1n) is 11.0. The fourth-order valence-corrected chi connectivity index (χ4v) is 3.56. The van der Waals surface area contributed by atoms with Gasteiger partial charge in [0.2, 0.25) is 5.91 Å². The zero-order valence-electron chi connectivity index (χ0n) is 18.8. The van der Waals surface area contributed by atoms with Crippen molar-refractivity contribution in [2.75, 3.05) is 6.54 Å². The summed E-state index contributed by atoms with van der Waals surface area (Å²) >= 11 is 0. The normalized spacial score (nSPS) is 10.6. The van der Waals surface area contributed by atoms with Gasteiger partial charge in [-0.25, -0.2) is 9.07 Å². The highest BCUT2D eigenvalue weighted by Gasteiger charge is 2.14. The number of carbonyl (C=O) groups excluding carboxylic acids is 2. The highest BCUT2D eigenvalue weighted by Crippen LogP contribution is 2.24. The monoisotopic (exact) mass is 456 g/mol. The Morgan fingerprint density at radius 2 is 1.71 bits per heavy atom. The Morgan fingerprint density at radius 1 is 0.941 bits per heavy atom. The standard InChI is InChI=1S/C27H25FN4O2/c1-19-6-5-7-21(16-19)27(34)29-15-14-25(33)30-17-22-18-32(24-8-3-2-4-9-24)31-26(22)20-10-12-23(28)13-11-20/h2-13,16,18H,14-15,17H2,1H3,(H,29,34)(H,30,33). The van der Waals surface area contributed by atoms with Crippen LogP contribution in [0.2, 0.25) is 0 Å². The maximum absolute atomic E-state index is 13.4. The van der Waals surface area contributed by atoms with Crippen LogP contribution < -0.4 is 10.6 Å². The second-order valence-corrected chi connectivity index (χ2v) is 7.94. The molecule has 0 aliphatic carbocycles. The summed E-state index contributed by atoms with van der Waals surface area (Å²) in [6.07, 6.45) is 2.00. The van der Waals surface area contributed by atoms with Crippen LogP contribution >= 0.6 is 0 Å². The van der Waals surface area contributed by atoms with Gasteiger partial charge in [0.15, 0.2) is 0 Å². The van der Waals surface area contributed by atoms with Crippen LogP contribution in [0.3, 0.4) is 0 Å². The number of halogens is 1. The van der Waals surface area contributed by atoms with E-state index < -0.39 is 0 Å². The van der Waals surface area contributed by atoms with Gasteiger partial charge in [0.25, 0.3) is 5.91 Å². The van der Waals surface area contributed by atoms with E-state index >= 15 is 0 Å². The van der Waals surface area contributed by atoms with E-state index in [9.17, 15) is 14.0 Å². The van der Waals surface area contributed by atoms with Crippen molar-refractivity contribution in [3.63, 3.8) is 0 Å². The van der Waals surface area contributed by atoms with Crippen molar-refractivity contribution in [1.29, 1.82) is 0 Å². The van der Waals surface area contributed by atoms with Crippen molar-refractivity contribution < 1.29 is 14.0 Å². The van der Waals surface area contributed by atoms with Gasteiger partial charge in [0.05, 0.1) is 11.4 Å². The second-order valence-electron chi connectivity index (χ2n) is 7.94. The minimum absolute atomic E-state index is 0.149. The summed E-state index contributed by atoms with van der Waals surface area (Å²) in [7, 11) is 0. The first-order chi connectivity index (χ1) is 16.5. The summed E-state index contributed by atoms with van der Waals surface area (Å²) in [6, 6.07) is 23.0. The number of nitrogens with one attached hydrogen (secondary N) is 2. The van der Waals surface area contributed by atoms with Crippen molar-refractivity contribution in [1.82, 2.24) is 20.4 Å². The second kappa shape index (κ2) is 10.6. The van der Waals surface area contributed by atoms with Crippen LogP contribution in [-0.4, -0.2) is 28.1 Å². The third-order valence-corrected chi connectivity index (χ3v) is 5.32. The lowest BCUT2D eigenvalue weighted by atomic mass is 10.1. The third-order valence-electron chi connectivity index (χ3n) is 5.32. The fraction of sp³-hybridized carbons (Fsp3) is 0.148. The lowest BCUT2D eigenvalue weighted by Crippen LogP contribution is -2.30. The van der Waals surface area contributed by atoms with Crippen molar-refractivity contribution >= 4 is 11.8 Å². The van der Waals surface area contributed by atoms with E-state index in [1.165, 1.54) is 12.1 Å². The van der Waals surface area contributed by atoms with Crippen molar-refractivity contribution in [3.8, 4) is 16.9 Å². The Kier molecular flexibility index (Phi) is 7.13. The Balaban J connectivity index is 1.40. The maximum atomic E-state index is 13.4. The number of hydrogen-bond acceptors (Lipinski definition) is 3. The van der Waals surface area contributed by atoms with Gasteiger partial charge >= 0.3 is 0 Å². The van der Waals surface area contributed by atoms with Gasteiger partial charge in [-0.15, -0.1) is 0 Å². The predicted molar refractivity (Wildman–Crippen MR) is 129 cm³/mol. The summed E-state index contributed by atoms with van der Waals surface area (Å²) in [6.45, 7) is 2.40. The number of para-hydroxylation sites is 1. The molecule has 0 radical (unpaired) electrons. The van der Waals surface area contributed by atoms with E-state index in [0.717, 1.165) is 22.4 Å². The molecule has 4 aromatic rings. The molecule has 0 saturated carbocycles. The number of aryl methyl sites for hydroxylation is 1. The SMILES string of the molecule is Cc1cccc(C(=O)NCCC(=O)NCc2cn(-c3ccccc3)nc2-c2ccc(F)cc2)c1. The Bertz CT molecular complexity index is 1280. The number of hydrogen-bond donors (Lipinski definition) is 2. The Labute approximate surface area is 197 Å². The zero-order chi connectivity index (χ0) is 23.9. The maximum Gasteiger partial charge on any atom is 0.251 e. The first-order valence-corrected chi connectivity index (χ1v) is 11.0. The smallest absolute Gasteiger partial charge is 0.251 e. The summed E-state index contributed by atoms with van der Waals surface area (Å²) in [5.74, 6) is -0.727. The summed E-state index contributed by atoms with van der Waals surface area (Å²) in [4.78, 5) is 24.7.